The first-order valence-electron chi connectivity index (χ1n) is 6.68. The zero-order chi connectivity index (χ0) is 12.3. The average Bonchev–Trinajstić information content (AvgIpc) is 2.39. The van der Waals surface area contributed by atoms with Crippen LogP contribution in [0.3, 0.4) is 0 Å². The third-order valence-electron chi connectivity index (χ3n) is 4.25. The van der Waals surface area contributed by atoms with E-state index in [0.717, 1.165) is 32.1 Å². The molecular formula is C15H23NO. The molecule has 1 aliphatic carbocycles. The lowest BCUT2D eigenvalue weighted by atomic mass is 9.72. The lowest BCUT2D eigenvalue weighted by molar-refractivity contribution is -0.0245. The van der Waals surface area contributed by atoms with Gasteiger partial charge in [-0.1, -0.05) is 37.3 Å². The maximum atomic E-state index is 10.5. The van der Waals surface area contributed by atoms with Gasteiger partial charge in [0, 0.05) is 6.04 Å². The van der Waals surface area contributed by atoms with Crippen LogP contribution in [0.2, 0.25) is 0 Å². The Hall–Kier alpha value is -0.860. The van der Waals surface area contributed by atoms with E-state index >= 15 is 0 Å². The molecule has 0 radical (unpaired) electrons. The summed E-state index contributed by atoms with van der Waals surface area (Å²) in [6.45, 7) is 2.05. The molecule has 17 heavy (non-hydrogen) atoms. The molecule has 2 heteroatoms. The summed E-state index contributed by atoms with van der Waals surface area (Å²) in [6, 6.07) is 10.5. The van der Waals surface area contributed by atoms with Crippen LogP contribution in [0.5, 0.6) is 0 Å². The number of hydrogen-bond acceptors (Lipinski definition) is 2. The molecule has 1 fully saturated rings. The number of aliphatic hydroxyl groups is 1. The molecule has 1 atom stereocenters. The monoisotopic (exact) mass is 233 g/mol. The molecule has 1 aromatic carbocycles. The van der Waals surface area contributed by atoms with Gasteiger partial charge in [0.2, 0.25) is 0 Å². The average molecular weight is 233 g/mol. The normalized spacial score (nSPS) is 31.1. The van der Waals surface area contributed by atoms with Crippen molar-refractivity contribution in [3.8, 4) is 0 Å². The molecule has 0 bridgehead atoms. The summed E-state index contributed by atoms with van der Waals surface area (Å²) in [7, 11) is 0. The largest absolute Gasteiger partial charge is 0.388 e. The predicted octanol–water partition coefficient (Wildman–Crippen LogP) is 2.81. The molecule has 0 aliphatic heterocycles. The van der Waals surface area contributed by atoms with Crippen LogP contribution in [0.25, 0.3) is 0 Å². The van der Waals surface area contributed by atoms with Gasteiger partial charge < -0.3 is 10.8 Å². The Kier molecular flexibility index (Phi) is 3.85. The summed E-state index contributed by atoms with van der Waals surface area (Å²) in [5.41, 5.74) is 6.79. The van der Waals surface area contributed by atoms with Gasteiger partial charge in [-0.05, 0) is 43.6 Å². The molecule has 1 aromatic rings. The number of benzene rings is 1. The zero-order valence-electron chi connectivity index (χ0n) is 10.6. The van der Waals surface area contributed by atoms with Crippen molar-refractivity contribution in [2.75, 3.05) is 0 Å². The topological polar surface area (TPSA) is 46.2 Å². The standard InChI is InChI=1S/C15H23NO/c1-2-14(16)15(17)10-8-13(9-11-15)12-6-4-3-5-7-12/h3-7,13-14,17H,2,8-11,16H2,1H3. The minimum absolute atomic E-state index is 0.0702. The third kappa shape index (κ3) is 2.70. The maximum absolute atomic E-state index is 10.5. The van der Waals surface area contributed by atoms with Crippen molar-refractivity contribution in [1.82, 2.24) is 0 Å². The Morgan fingerprint density at radius 1 is 1.29 bits per heavy atom. The van der Waals surface area contributed by atoms with Gasteiger partial charge in [0.1, 0.15) is 0 Å². The van der Waals surface area contributed by atoms with Gasteiger partial charge in [-0.25, -0.2) is 0 Å². The molecule has 2 rings (SSSR count). The van der Waals surface area contributed by atoms with E-state index in [-0.39, 0.29) is 6.04 Å². The fourth-order valence-electron chi connectivity index (χ4n) is 2.93. The minimum atomic E-state index is -0.625. The van der Waals surface area contributed by atoms with E-state index in [1.807, 2.05) is 6.92 Å². The van der Waals surface area contributed by atoms with Crippen molar-refractivity contribution in [3.63, 3.8) is 0 Å². The van der Waals surface area contributed by atoms with Gasteiger partial charge >= 0.3 is 0 Å². The molecule has 1 unspecified atom stereocenters. The summed E-state index contributed by atoms with van der Waals surface area (Å²) in [6.07, 6.45) is 4.62. The third-order valence-corrected chi connectivity index (χ3v) is 4.25. The molecule has 0 aromatic heterocycles. The van der Waals surface area contributed by atoms with Crippen molar-refractivity contribution in [1.29, 1.82) is 0 Å². The Morgan fingerprint density at radius 3 is 2.41 bits per heavy atom. The second kappa shape index (κ2) is 5.19. The summed E-state index contributed by atoms with van der Waals surface area (Å²) in [4.78, 5) is 0. The summed E-state index contributed by atoms with van der Waals surface area (Å²) >= 11 is 0. The van der Waals surface area contributed by atoms with Crippen LogP contribution in [-0.4, -0.2) is 16.7 Å². The van der Waals surface area contributed by atoms with Crippen molar-refractivity contribution in [3.05, 3.63) is 35.9 Å². The van der Waals surface area contributed by atoms with Gasteiger partial charge in [-0.15, -0.1) is 0 Å². The number of rotatable bonds is 3. The lowest BCUT2D eigenvalue weighted by Gasteiger charge is -2.40. The van der Waals surface area contributed by atoms with E-state index < -0.39 is 5.60 Å². The molecular weight excluding hydrogens is 210 g/mol. The maximum Gasteiger partial charge on any atom is 0.0798 e. The molecule has 1 saturated carbocycles. The van der Waals surface area contributed by atoms with Crippen LogP contribution in [0.15, 0.2) is 30.3 Å². The van der Waals surface area contributed by atoms with Crippen LogP contribution in [0, 0.1) is 0 Å². The first-order chi connectivity index (χ1) is 8.15. The van der Waals surface area contributed by atoms with Crippen LogP contribution in [0.4, 0.5) is 0 Å². The van der Waals surface area contributed by atoms with Crippen molar-refractivity contribution in [2.24, 2.45) is 5.73 Å². The Labute approximate surface area is 104 Å². The highest BCUT2D eigenvalue weighted by molar-refractivity contribution is 5.20. The van der Waals surface area contributed by atoms with Crippen LogP contribution >= 0.6 is 0 Å². The van der Waals surface area contributed by atoms with Gasteiger partial charge in [-0.2, -0.15) is 0 Å². The second-order valence-corrected chi connectivity index (χ2v) is 5.30. The molecule has 2 nitrogen and oxygen atoms in total. The van der Waals surface area contributed by atoms with Gasteiger partial charge in [0.25, 0.3) is 0 Å². The van der Waals surface area contributed by atoms with E-state index in [1.165, 1.54) is 5.56 Å². The quantitative estimate of drug-likeness (QED) is 0.843. The van der Waals surface area contributed by atoms with Crippen LogP contribution < -0.4 is 5.73 Å². The molecule has 0 saturated heterocycles. The highest BCUT2D eigenvalue weighted by atomic mass is 16.3. The number of nitrogens with two attached hydrogens (primary N) is 1. The van der Waals surface area contributed by atoms with E-state index in [9.17, 15) is 5.11 Å². The van der Waals surface area contributed by atoms with Crippen molar-refractivity contribution < 1.29 is 5.11 Å². The predicted molar refractivity (Wildman–Crippen MR) is 70.9 cm³/mol. The molecule has 0 amide bonds. The summed E-state index contributed by atoms with van der Waals surface area (Å²) in [5, 5.41) is 10.5. The van der Waals surface area contributed by atoms with Crippen molar-refractivity contribution in [2.45, 2.75) is 56.6 Å². The molecule has 94 valence electrons. The lowest BCUT2D eigenvalue weighted by Crippen LogP contribution is -2.49. The van der Waals surface area contributed by atoms with Crippen LogP contribution in [0.1, 0.15) is 50.5 Å². The van der Waals surface area contributed by atoms with Gasteiger partial charge in [-0.3, -0.25) is 0 Å². The highest BCUT2D eigenvalue weighted by Crippen LogP contribution is 2.39. The Bertz CT molecular complexity index is 341. The fraction of sp³-hybridized carbons (Fsp3) is 0.600. The SMILES string of the molecule is CCC(N)C1(O)CCC(c2ccccc2)CC1. The van der Waals surface area contributed by atoms with Crippen molar-refractivity contribution >= 4 is 0 Å². The van der Waals surface area contributed by atoms with Crippen LogP contribution in [-0.2, 0) is 0 Å². The first kappa shape index (κ1) is 12.6. The van der Waals surface area contributed by atoms with E-state index in [2.05, 4.69) is 30.3 Å². The Balaban J connectivity index is 1.99. The van der Waals surface area contributed by atoms with E-state index in [4.69, 9.17) is 5.73 Å². The molecule has 1 aliphatic rings. The minimum Gasteiger partial charge on any atom is -0.388 e. The fourth-order valence-corrected chi connectivity index (χ4v) is 2.93. The first-order valence-corrected chi connectivity index (χ1v) is 6.68. The molecule has 3 N–H and O–H groups in total. The summed E-state index contributed by atoms with van der Waals surface area (Å²) in [5.74, 6) is 0.598. The van der Waals surface area contributed by atoms with E-state index in [0.29, 0.717) is 5.92 Å². The van der Waals surface area contributed by atoms with E-state index in [1.54, 1.807) is 0 Å². The smallest absolute Gasteiger partial charge is 0.0798 e. The molecule has 0 heterocycles. The zero-order valence-corrected chi connectivity index (χ0v) is 10.6. The molecule has 0 spiro atoms. The number of hydrogen-bond donors (Lipinski definition) is 2. The second-order valence-electron chi connectivity index (χ2n) is 5.30. The van der Waals surface area contributed by atoms with Gasteiger partial charge in [0.05, 0.1) is 5.60 Å². The summed E-state index contributed by atoms with van der Waals surface area (Å²) < 4.78 is 0. The highest BCUT2D eigenvalue weighted by Gasteiger charge is 2.37. The Morgan fingerprint density at radius 2 is 1.88 bits per heavy atom. The van der Waals surface area contributed by atoms with Gasteiger partial charge in [0.15, 0.2) is 0 Å².